The fourth-order valence-corrected chi connectivity index (χ4v) is 3.34. The molecule has 0 amide bonds. The number of hydrogen-bond acceptors (Lipinski definition) is 4. The summed E-state index contributed by atoms with van der Waals surface area (Å²) in [6.45, 7) is 5.60. The van der Waals surface area contributed by atoms with Gasteiger partial charge in [-0.25, -0.2) is 0 Å². The molecule has 1 aromatic heterocycles. The molecule has 0 aromatic carbocycles. The van der Waals surface area contributed by atoms with Crippen molar-refractivity contribution in [2.24, 2.45) is 11.1 Å². The average Bonchev–Trinajstić information content (AvgIpc) is 2.86. The van der Waals surface area contributed by atoms with Gasteiger partial charge in [0.15, 0.2) is 0 Å². The molecular formula is C12H19NO2S. The zero-order chi connectivity index (χ0) is 11.8. The van der Waals surface area contributed by atoms with Crippen molar-refractivity contribution in [2.75, 3.05) is 19.8 Å². The molecule has 90 valence electrons. The molecule has 2 rings (SSSR count). The first-order chi connectivity index (χ1) is 7.52. The van der Waals surface area contributed by atoms with Gasteiger partial charge in [-0.3, -0.25) is 0 Å². The summed E-state index contributed by atoms with van der Waals surface area (Å²) in [4.78, 5) is 2.20. The maximum absolute atomic E-state index is 10.8. The van der Waals surface area contributed by atoms with Crippen molar-refractivity contribution in [1.82, 2.24) is 0 Å². The Morgan fingerprint density at radius 3 is 2.81 bits per heavy atom. The van der Waals surface area contributed by atoms with Crippen LogP contribution in [0.3, 0.4) is 0 Å². The van der Waals surface area contributed by atoms with Gasteiger partial charge >= 0.3 is 0 Å². The molecule has 4 heteroatoms. The lowest BCUT2D eigenvalue weighted by molar-refractivity contribution is -0.0719. The monoisotopic (exact) mass is 241 g/mol. The van der Waals surface area contributed by atoms with Gasteiger partial charge in [0.05, 0.1) is 6.61 Å². The van der Waals surface area contributed by atoms with Crippen LogP contribution in [0.4, 0.5) is 0 Å². The fourth-order valence-electron chi connectivity index (χ4n) is 2.31. The molecule has 2 unspecified atom stereocenters. The van der Waals surface area contributed by atoms with Crippen LogP contribution in [0.15, 0.2) is 12.1 Å². The summed E-state index contributed by atoms with van der Waals surface area (Å²) in [6, 6.07) is 4.03. The molecule has 3 nitrogen and oxygen atoms in total. The first kappa shape index (κ1) is 12.0. The Morgan fingerprint density at radius 1 is 1.62 bits per heavy atom. The second-order valence-corrected chi connectivity index (χ2v) is 6.06. The highest BCUT2D eigenvalue weighted by atomic mass is 32.1. The second kappa shape index (κ2) is 4.11. The lowest BCUT2D eigenvalue weighted by Gasteiger charge is -2.40. The third-order valence-electron chi connectivity index (χ3n) is 3.75. The van der Waals surface area contributed by atoms with Crippen LogP contribution in [0.25, 0.3) is 0 Å². The summed E-state index contributed by atoms with van der Waals surface area (Å²) >= 11 is 1.63. The van der Waals surface area contributed by atoms with Gasteiger partial charge in [0.2, 0.25) is 0 Å². The Bertz CT molecular complexity index is 367. The minimum absolute atomic E-state index is 0.329. The van der Waals surface area contributed by atoms with E-state index in [1.54, 1.807) is 11.3 Å². The lowest BCUT2D eigenvalue weighted by Crippen LogP contribution is -2.48. The zero-order valence-corrected chi connectivity index (χ0v) is 10.6. The quantitative estimate of drug-likeness (QED) is 0.845. The summed E-state index contributed by atoms with van der Waals surface area (Å²) in [6.07, 6.45) is 0.827. The topological polar surface area (TPSA) is 55.5 Å². The van der Waals surface area contributed by atoms with Crippen LogP contribution in [0, 0.1) is 12.3 Å². The number of aliphatic hydroxyl groups is 1. The van der Waals surface area contributed by atoms with Crippen LogP contribution in [-0.2, 0) is 10.3 Å². The maximum atomic E-state index is 10.8. The van der Waals surface area contributed by atoms with Gasteiger partial charge in [-0.05, 0) is 32.4 Å². The molecule has 0 spiro atoms. The largest absolute Gasteiger partial charge is 0.384 e. The average molecular weight is 241 g/mol. The van der Waals surface area contributed by atoms with Crippen molar-refractivity contribution >= 4 is 11.3 Å². The molecule has 16 heavy (non-hydrogen) atoms. The van der Waals surface area contributed by atoms with E-state index in [4.69, 9.17) is 10.5 Å². The normalized spacial score (nSPS) is 29.2. The van der Waals surface area contributed by atoms with Gasteiger partial charge in [0.25, 0.3) is 0 Å². The summed E-state index contributed by atoms with van der Waals surface area (Å²) in [7, 11) is 0. The third kappa shape index (κ3) is 1.70. The minimum atomic E-state index is -0.892. The van der Waals surface area contributed by atoms with E-state index in [-0.39, 0.29) is 5.41 Å². The van der Waals surface area contributed by atoms with Gasteiger partial charge in [-0.2, -0.15) is 0 Å². The molecule has 0 saturated carbocycles. The smallest absolute Gasteiger partial charge is 0.105 e. The molecule has 0 radical (unpaired) electrons. The molecule has 1 saturated heterocycles. The number of thiophene rings is 1. The van der Waals surface area contributed by atoms with Gasteiger partial charge in [-0.15, -0.1) is 11.3 Å². The standard InChI is InChI=1S/C12H19NO2S/c1-9-3-4-10(16-9)11(2,14)12(7-13)5-6-15-8-12/h3-4,14H,5-8,13H2,1-2H3. The van der Waals surface area contributed by atoms with E-state index >= 15 is 0 Å². The van der Waals surface area contributed by atoms with Gasteiger partial charge in [0.1, 0.15) is 5.60 Å². The summed E-state index contributed by atoms with van der Waals surface area (Å²) in [5, 5.41) is 10.8. The maximum Gasteiger partial charge on any atom is 0.105 e. The number of nitrogens with two attached hydrogens (primary N) is 1. The van der Waals surface area contributed by atoms with E-state index < -0.39 is 5.60 Å². The van der Waals surface area contributed by atoms with Gasteiger partial charge < -0.3 is 15.6 Å². The molecule has 1 aliphatic rings. The Labute approximate surface area is 100 Å². The molecule has 0 aliphatic carbocycles. The number of ether oxygens (including phenoxy) is 1. The van der Waals surface area contributed by atoms with Crippen molar-refractivity contribution in [2.45, 2.75) is 25.9 Å². The van der Waals surface area contributed by atoms with Gasteiger partial charge in [-0.1, -0.05) is 0 Å². The van der Waals surface area contributed by atoms with E-state index in [9.17, 15) is 5.11 Å². The number of aryl methyl sites for hydroxylation is 1. The summed E-state index contributed by atoms with van der Waals surface area (Å²) in [5.41, 5.74) is 4.64. The van der Waals surface area contributed by atoms with Crippen molar-refractivity contribution in [3.8, 4) is 0 Å². The van der Waals surface area contributed by atoms with E-state index in [1.807, 2.05) is 26.0 Å². The van der Waals surface area contributed by atoms with E-state index in [1.165, 1.54) is 4.88 Å². The highest BCUT2D eigenvalue weighted by molar-refractivity contribution is 7.12. The highest BCUT2D eigenvalue weighted by Crippen LogP contribution is 2.46. The molecule has 1 aromatic rings. The molecule has 2 heterocycles. The highest BCUT2D eigenvalue weighted by Gasteiger charge is 2.50. The predicted octanol–water partition coefficient (Wildman–Crippen LogP) is 1.63. The molecule has 2 atom stereocenters. The van der Waals surface area contributed by atoms with E-state index in [2.05, 4.69) is 0 Å². The fraction of sp³-hybridized carbons (Fsp3) is 0.667. The third-order valence-corrected chi connectivity index (χ3v) is 4.96. The zero-order valence-electron chi connectivity index (χ0n) is 9.82. The number of hydrogen-bond donors (Lipinski definition) is 2. The van der Waals surface area contributed by atoms with Crippen LogP contribution >= 0.6 is 11.3 Å². The SMILES string of the molecule is Cc1ccc(C(C)(O)C2(CN)CCOC2)s1. The first-order valence-electron chi connectivity index (χ1n) is 5.59. The molecule has 1 aliphatic heterocycles. The Kier molecular flexibility index (Phi) is 3.09. The van der Waals surface area contributed by atoms with E-state index in [0.717, 1.165) is 11.3 Å². The first-order valence-corrected chi connectivity index (χ1v) is 6.41. The van der Waals surface area contributed by atoms with Crippen molar-refractivity contribution in [3.63, 3.8) is 0 Å². The summed E-state index contributed by atoms with van der Waals surface area (Å²) in [5.74, 6) is 0. The number of rotatable bonds is 3. The minimum Gasteiger partial charge on any atom is -0.384 e. The summed E-state index contributed by atoms with van der Waals surface area (Å²) < 4.78 is 5.43. The van der Waals surface area contributed by atoms with E-state index in [0.29, 0.717) is 19.8 Å². The molecule has 3 N–H and O–H groups in total. The molecular weight excluding hydrogens is 222 g/mol. The van der Waals surface area contributed by atoms with Crippen LogP contribution in [0.1, 0.15) is 23.1 Å². The van der Waals surface area contributed by atoms with Gasteiger partial charge in [0, 0.05) is 28.3 Å². The van der Waals surface area contributed by atoms with Crippen LogP contribution in [0.5, 0.6) is 0 Å². The Balaban J connectivity index is 2.36. The van der Waals surface area contributed by atoms with Crippen LogP contribution in [0.2, 0.25) is 0 Å². The van der Waals surface area contributed by atoms with Crippen molar-refractivity contribution in [3.05, 3.63) is 21.9 Å². The molecule has 1 fully saturated rings. The second-order valence-electron chi connectivity index (χ2n) is 4.77. The molecule has 0 bridgehead atoms. The Hall–Kier alpha value is -0.420. The van der Waals surface area contributed by atoms with Crippen LogP contribution in [-0.4, -0.2) is 24.9 Å². The Morgan fingerprint density at radius 2 is 2.38 bits per heavy atom. The predicted molar refractivity (Wildman–Crippen MR) is 65.6 cm³/mol. The lowest BCUT2D eigenvalue weighted by atomic mass is 9.71. The van der Waals surface area contributed by atoms with Crippen molar-refractivity contribution < 1.29 is 9.84 Å². The van der Waals surface area contributed by atoms with Crippen LogP contribution < -0.4 is 5.73 Å². The van der Waals surface area contributed by atoms with Crippen molar-refractivity contribution in [1.29, 1.82) is 0 Å².